The molecule has 1 aromatic heterocycles. The predicted molar refractivity (Wildman–Crippen MR) is 63.9 cm³/mol. The van der Waals surface area contributed by atoms with Crippen molar-refractivity contribution in [3.63, 3.8) is 0 Å². The van der Waals surface area contributed by atoms with Gasteiger partial charge in [0.05, 0.1) is 0 Å². The molecule has 0 amide bonds. The molecule has 2 saturated heterocycles. The minimum absolute atomic E-state index is 0.268. The van der Waals surface area contributed by atoms with Gasteiger partial charge in [-0.25, -0.2) is 9.97 Å². The van der Waals surface area contributed by atoms with Gasteiger partial charge in [-0.05, 0) is 25.8 Å². The number of nitrogens with zero attached hydrogens (tertiary/aromatic N) is 3. The van der Waals surface area contributed by atoms with E-state index in [4.69, 9.17) is 0 Å². The van der Waals surface area contributed by atoms with E-state index in [1.54, 1.807) is 13.0 Å². The summed E-state index contributed by atoms with van der Waals surface area (Å²) in [6.07, 6.45) is -3.41. The first-order valence-electron chi connectivity index (χ1n) is 6.35. The average molecular weight is 272 g/mol. The molecule has 1 N–H and O–H groups in total. The van der Waals surface area contributed by atoms with Crippen LogP contribution < -0.4 is 10.2 Å². The topological polar surface area (TPSA) is 41.0 Å². The molecular formula is C12H15F3N4. The van der Waals surface area contributed by atoms with Gasteiger partial charge in [-0.1, -0.05) is 0 Å². The SMILES string of the molecule is Cc1cc(N2C[C@@H]3CCNC[C@@H]32)nc(C(F)(F)F)n1. The molecule has 0 bridgehead atoms. The Kier molecular flexibility index (Phi) is 2.88. The smallest absolute Gasteiger partial charge is 0.352 e. The summed E-state index contributed by atoms with van der Waals surface area (Å²) in [5.41, 5.74) is 0.351. The maximum atomic E-state index is 12.7. The zero-order chi connectivity index (χ0) is 13.6. The van der Waals surface area contributed by atoms with E-state index in [-0.39, 0.29) is 6.04 Å². The van der Waals surface area contributed by atoms with E-state index in [0.717, 1.165) is 26.1 Å². The van der Waals surface area contributed by atoms with E-state index in [1.165, 1.54) is 0 Å². The highest BCUT2D eigenvalue weighted by Crippen LogP contribution is 2.35. The maximum absolute atomic E-state index is 12.7. The summed E-state index contributed by atoms with van der Waals surface area (Å²) in [5.74, 6) is -0.0784. The normalized spacial score (nSPS) is 26.8. The van der Waals surface area contributed by atoms with Crippen LogP contribution in [0.25, 0.3) is 0 Å². The number of alkyl halides is 3. The Bertz CT molecular complexity index is 488. The van der Waals surface area contributed by atoms with Crippen molar-refractivity contribution < 1.29 is 13.2 Å². The van der Waals surface area contributed by atoms with Crippen LogP contribution in [-0.2, 0) is 6.18 Å². The fourth-order valence-electron chi connectivity index (χ4n) is 2.81. The molecule has 19 heavy (non-hydrogen) atoms. The van der Waals surface area contributed by atoms with Crippen LogP contribution >= 0.6 is 0 Å². The Hall–Kier alpha value is -1.37. The van der Waals surface area contributed by atoms with E-state index in [1.807, 2.05) is 4.90 Å². The lowest BCUT2D eigenvalue weighted by Gasteiger charge is -2.51. The molecular weight excluding hydrogens is 257 g/mol. The van der Waals surface area contributed by atoms with Crippen LogP contribution in [0.5, 0.6) is 0 Å². The van der Waals surface area contributed by atoms with Crippen molar-refractivity contribution in [1.29, 1.82) is 0 Å². The Morgan fingerprint density at radius 3 is 2.84 bits per heavy atom. The molecule has 3 rings (SSSR count). The molecule has 0 aromatic carbocycles. The third-order valence-corrected chi connectivity index (χ3v) is 3.81. The van der Waals surface area contributed by atoms with E-state index in [2.05, 4.69) is 15.3 Å². The molecule has 1 aromatic rings. The number of hydrogen-bond donors (Lipinski definition) is 1. The predicted octanol–water partition coefficient (Wildman–Crippen LogP) is 1.60. The Morgan fingerprint density at radius 1 is 1.37 bits per heavy atom. The van der Waals surface area contributed by atoms with Gasteiger partial charge >= 0.3 is 6.18 Å². The number of aromatic nitrogens is 2. The van der Waals surface area contributed by atoms with Crippen molar-refractivity contribution in [2.45, 2.75) is 25.6 Å². The first kappa shape index (κ1) is 12.7. The molecule has 0 spiro atoms. The second-order valence-electron chi connectivity index (χ2n) is 5.16. The van der Waals surface area contributed by atoms with Crippen molar-refractivity contribution >= 4 is 5.82 Å². The van der Waals surface area contributed by atoms with E-state index in [0.29, 0.717) is 17.4 Å². The number of halogens is 3. The number of nitrogens with one attached hydrogen (secondary N) is 1. The van der Waals surface area contributed by atoms with Crippen LogP contribution in [0, 0.1) is 12.8 Å². The largest absolute Gasteiger partial charge is 0.451 e. The van der Waals surface area contributed by atoms with Gasteiger partial charge < -0.3 is 10.2 Å². The van der Waals surface area contributed by atoms with Crippen molar-refractivity contribution in [3.8, 4) is 0 Å². The van der Waals surface area contributed by atoms with Gasteiger partial charge in [0.1, 0.15) is 5.82 Å². The fourth-order valence-corrected chi connectivity index (χ4v) is 2.81. The summed E-state index contributed by atoms with van der Waals surface area (Å²) >= 11 is 0. The third-order valence-electron chi connectivity index (χ3n) is 3.81. The molecule has 2 fully saturated rings. The number of fused-ring (bicyclic) bond motifs is 1. The van der Waals surface area contributed by atoms with Crippen LogP contribution in [0.1, 0.15) is 17.9 Å². The number of aryl methyl sites for hydroxylation is 1. The fraction of sp³-hybridized carbons (Fsp3) is 0.667. The summed E-state index contributed by atoms with van der Waals surface area (Å²) < 4.78 is 38.1. The summed E-state index contributed by atoms with van der Waals surface area (Å²) in [5, 5.41) is 3.27. The summed E-state index contributed by atoms with van der Waals surface area (Å²) in [4.78, 5) is 9.10. The lowest BCUT2D eigenvalue weighted by Crippen LogP contribution is -2.64. The Balaban J connectivity index is 1.87. The first-order chi connectivity index (χ1) is 8.95. The first-order valence-corrected chi connectivity index (χ1v) is 6.35. The van der Waals surface area contributed by atoms with E-state index >= 15 is 0 Å². The second kappa shape index (κ2) is 4.33. The maximum Gasteiger partial charge on any atom is 0.451 e. The second-order valence-corrected chi connectivity index (χ2v) is 5.16. The van der Waals surface area contributed by atoms with Gasteiger partial charge in [-0.3, -0.25) is 0 Å². The highest BCUT2D eigenvalue weighted by Gasteiger charge is 2.42. The number of hydrogen-bond acceptors (Lipinski definition) is 4. The molecule has 7 heteroatoms. The number of anilines is 1. The third kappa shape index (κ3) is 2.27. The summed E-state index contributed by atoms with van der Waals surface area (Å²) in [6.45, 7) is 4.16. The van der Waals surface area contributed by atoms with Crippen LogP contribution in [0.15, 0.2) is 6.07 Å². The van der Waals surface area contributed by atoms with Gasteiger partial charge in [0.2, 0.25) is 5.82 Å². The van der Waals surface area contributed by atoms with E-state index in [9.17, 15) is 13.2 Å². The van der Waals surface area contributed by atoms with Crippen LogP contribution in [-0.4, -0.2) is 35.6 Å². The standard InChI is InChI=1S/C12H15F3N4/c1-7-4-10(18-11(17-7)12(13,14)15)19-6-8-2-3-16-5-9(8)19/h4,8-9,16H,2-3,5-6H2,1H3/t8-,9-/m0/s1. The summed E-state index contributed by atoms with van der Waals surface area (Å²) in [7, 11) is 0. The Morgan fingerprint density at radius 2 is 2.16 bits per heavy atom. The van der Waals surface area contributed by atoms with Crippen LogP contribution in [0.4, 0.5) is 19.0 Å². The molecule has 2 aliphatic rings. The minimum Gasteiger partial charge on any atom is -0.352 e. The zero-order valence-electron chi connectivity index (χ0n) is 10.5. The number of rotatable bonds is 1. The monoisotopic (exact) mass is 272 g/mol. The molecule has 2 atom stereocenters. The molecule has 0 unspecified atom stereocenters. The molecule has 0 saturated carbocycles. The van der Waals surface area contributed by atoms with E-state index < -0.39 is 12.0 Å². The summed E-state index contributed by atoms with van der Waals surface area (Å²) in [6, 6.07) is 1.89. The lowest BCUT2D eigenvalue weighted by atomic mass is 9.83. The van der Waals surface area contributed by atoms with Crippen LogP contribution in [0.2, 0.25) is 0 Å². The van der Waals surface area contributed by atoms with Gasteiger partial charge in [0, 0.05) is 30.9 Å². The zero-order valence-corrected chi connectivity index (χ0v) is 10.5. The Labute approximate surface area is 109 Å². The molecule has 2 aliphatic heterocycles. The van der Waals surface area contributed by atoms with Crippen molar-refractivity contribution in [2.24, 2.45) is 5.92 Å². The lowest BCUT2D eigenvalue weighted by molar-refractivity contribution is -0.145. The molecule has 0 radical (unpaired) electrons. The van der Waals surface area contributed by atoms with Crippen LogP contribution in [0.3, 0.4) is 0 Å². The van der Waals surface area contributed by atoms with Crippen molar-refractivity contribution in [2.75, 3.05) is 24.5 Å². The molecule has 4 nitrogen and oxygen atoms in total. The average Bonchev–Trinajstić information content (AvgIpc) is 2.29. The molecule has 104 valence electrons. The molecule has 3 heterocycles. The minimum atomic E-state index is -4.49. The van der Waals surface area contributed by atoms with Crippen molar-refractivity contribution in [1.82, 2.24) is 15.3 Å². The highest BCUT2D eigenvalue weighted by atomic mass is 19.4. The number of piperidine rings is 1. The van der Waals surface area contributed by atoms with Gasteiger partial charge in [-0.2, -0.15) is 13.2 Å². The highest BCUT2D eigenvalue weighted by molar-refractivity contribution is 5.45. The van der Waals surface area contributed by atoms with Gasteiger partial charge in [-0.15, -0.1) is 0 Å². The van der Waals surface area contributed by atoms with Gasteiger partial charge in [0.15, 0.2) is 0 Å². The van der Waals surface area contributed by atoms with Crippen molar-refractivity contribution in [3.05, 3.63) is 17.6 Å². The van der Waals surface area contributed by atoms with Gasteiger partial charge in [0.25, 0.3) is 0 Å². The quantitative estimate of drug-likeness (QED) is 0.843. The molecule has 0 aliphatic carbocycles.